The van der Waals surface area contributed by atoms with Crippen LogP contribution in [0, 0.1) is 0 Å². The molecule has 7 nitrogen and oxygen atoms in total. The molecule has 0 saturated heterocycles. The van der Waals surface area contributed by atoms with Crippen LogP contribution in [0.1, 0.15) is 5.56 Å². The molecule has 4 N–H and O–H groups in total. The lowest BCUT2D eigenvalue weighted by Gasteiger charge is -2.05. The Balaban J connectivity index is 1.92. The second kappa shape index (κ2) is 7.62. The smallest absolute Gasteiger partial charge is 0.323 e. The van der Waals surface area contributed by atoms with Crippen molar-refractivity contribution >= 4 is 27.8 Å². The van der Waals surface area contributed by atoms with Gasteiger partial charge in [-0.1, -0.05) is 12.1 Å². The number of rotatable bonds is 5. The van der Waals surface area contributed by atoms with Crippen LogP contribution < -0.4 is 20.5 Å². The second-order valence-corrected chi connectivity index (χ2v) is 6.34. The van der Waals surface area contributed by atoms with Crippen LogP contribution in [0.4, 0.5) is 10.5 Å². The zero-order chi connectivity index (χ0) is 17.6. The van der Waals surface area contributed by atoms with Crippen LogP contribution in [0.15, 0.2) is 59.6 Å². The van der Waals surface area contributed by atoms with E-state index < -0.39 is 16.1 Å². The summed E-state index contributed by atoms with van der Waals surface area (Å²) in [6.45, 7) is 0. The highest BCUT2D eigenvalue weighted by Crippen LogP contribution is 2.14. The summed E-state index contributed by atoms with van der Waals surface area (Å²) in [5, 5.41) is 10.1. The first-order valence-corrected chi connectivity index (χ1v) is 8.44. The van der Waals surface area contributed by atoms with Crippen molar-refractivity contribution in [1.82, 2.24) is 5.32 Å². The highest BCUT2D eigenvalue weighted by molar-refractivity contribution is 7.89. The van der Waals surface area contributed by atoms with Crippen molar-refractivity contribution in [1.29, 1.82) is 0 Å². The van der Waals surface area contributed by atoms with Crippen molar-refractivity contribution in [3.05, 3.63) is 60.3 Å². The molecule has 0 heterocycles. The largest absolute Gasteiger partial charge is 0.497 e. The number of nitrogens with two attached hydrogens (primary N) is 1. The highest BCUT2D eigenvalue weighted by Gasteiger charge is 2.07. The highest BCUT2D eigenvalue weighted by atomic mass is 32.2. The first kappa shape index (κ1) is 17.5. The Bertz CT molecular complexity index is 846. The zero-order valence-corrected chi connectivity index (χ0v) is 13.7. The molecule has 2 amide bonds. The minimum atomic E-state index is -3.75. The van der Waals surface area contributed by atoms with Crippen molar-refractivity contribution in [2.45, 2.75) is 4.90 Å². The van der Waals surface area contributed by atoms with Gasteiger partial charge in [-0.2, -0.15) is 0 Å². The van der Waals surface area contributed by atoms with E-state index in [1.807, 2.05) is 24.3 Å². The summed E-state index contributed by atoms with van der Waals surface area (Å²) in [5.74, 6) is 0.719. The standard InChI is InChI=1S/C16H17N3O4S/c1-23-14-4-2-3-12(11-14)9-10-18-16(20)19-13-5-7-15(8-6-13)24(17,21)22/h2-11H,1H3,(H2,17,21,22)(H2,18,19,20)/b10-9+. The summed E-state index contributed by atoms with van der Waals surface area (Å²) in [4.78, 5) is 11.7. The van der Waals surface area contributed by atoms with Crippen LogP contribution in [0.3, 0.4) is 0 Å². The fourth-order valence-corrected chi connectivity index (χ4v) is 2.37. The summed E-state index contributed by atoms with van der Waals surface area (Å²) >= 11 is 0. The van der Waals surface area contributed by atoms with Gasteiger partial charge < -0.3 is 15.4 Å². The predicted molar refractivity (Wildman–Crippen MR) is 92.0 cm³/mol. The van der Waals surface area contributed by atoms with E-state index in [1.54, 1.807) is 13.2 Å². The third-order valence-corrected chi connectivity index (χ3v) is 3.95. The monoisotopic (exact) mass is 347 g/mol. The number of carbonyl (C=O) groups is 1. The molecule has 0 aliphatic rings. The molecule has 0 spiro atoms. The van der Waals surface area contributed by atoms with E-state index in [0.717, 1.165) is 11.3 Å². The minimum absolute atomic E-state index is 0.0219. The number of primary sulfonamides is 1. The SMILES string of the molecule is COc1cccc(/C=C/NC(=O)Nc2ccc(S(N)(=O)=O)cc2)c1. The van der Waals surface area contributed by atoms with Crippen molar-refractivity contribution in [3.63, 3.8) is 0 Å². The van der Waals surface area contributed by atoms with Crippen LogP contribution in [0.5, 0.6) is 5.75 Å². The first-order chi connectivity index (χ1) is 11.4. The normalized spacial score (nSPS) is 11.2. The van der Waals surface area contributed by atoms with Crippen molar-refractivity contribution in [3.8, 4) is 5.75 Å². The molecule has 2 aromatic rings. The molecule has 126 valence electrons. The van der Waals surface area contributed by atoms with Crippen LogP contribution in [0.25, 0.3) is 6.08 Å². The quantitative estimate of drug-likeness (QED) is 0.769. The van der Waals surface area contributed by atoms with E-state index in [2.05, 4.69) is 10.6 Å². The molecule has 0 aromatic heterocycles. The van der Waals surface area contributed by atoms with Gasteiger partial charge in [0.05, 0.1) is 12.0 Å². The fraction of sp³-hybridized carbons (Fsp3) is 0.0625. The number of sulfonamides is 1. The summed E-state index contributed by atoms with van der Waals surface area (Å²) < 4.78 is 27.4. The summed E-state index contributed by atoms with van der Waals surface area (Å²) in [7, 11) is -2.17. The van der Waals surface area contributed by atoms with Gasteiger partial charge in [0.1, 0.15) is 5.75 Å². The molecule has 24 heavy (non-hydrogen) atoms. The average molecular weight is 347 g/mol. The summed E-state index contributed by atoms with van der Waals surface area (Å²) in [6.07, 6.45) is 3.20. The molecule has 0 aliphatic heterocycles. The lowest BCUT2D eigenvalue weighted by atomic mass is 10.2. The number of urea groups is 1. The van der Waals surface area contributed by atoms with Gasteiger partial charge in [-0.05, 0) is 48.0 Å². The zero-order valence-electron chi connectivity index (χ0n) is 12.9. The van der Waals surface area contributed by atoms with E-state index >= 15 is 0 Å². The molecular formula is C16H17N3O4S. The number of anilines is 1. The average Bonchev–Trinajstić information content (AvgIpc) is 2.54. The lowest BCUT2D eigenvalue weighted by molar-refractivity contribution is 0.255. The van der Waals surface area contributed by atoms with Crippen LogP contribution in [-0.4, -0.2) is 21.6 Å². The minimum Gasteiger partial charge on any atom is -0.497 e. The third kappa shape index (κ3) is 5.11. The van der Waals surface area contributed by atoms with E-state index in [4.69, 9.17) is 9.88 Å². The Morgan fingerprint density at radius 2 is 1.88 bits per heavy atom. The molecule has 0 atom stereocenters. The van der Waals surface area contributed by atoms with Crippen molar-refractivity contribution in [2.75, 3.05) is 12.4 Å². The maximum absolute atomic E-state index is 11.8. The van der Waals surface area contributed by atoms with Gasteiger partial charge in [0.25, 0.3) is 0 Å². The van der Waals surface area contributed by atoms with Crippen LogP contribution in [0.2, 0.25) is 0 Å². The number of carbonyl (C=O) groups excluding carboxylic acids is 1. The maximum atomic E-state index is 11.8. The predicted octanol–water partition coefficient (Wildman–Crippen LogP) is 2.13. The van der Waals surface area contributed by atoms with Gasteiger partial charge in [0.2, 0.25) is 10.0 Å². The van der Waals surface area contributed by atoms with Gasteiger partial charge in [0.15, 0.2) is 0 Å². The molecular weight excluding hydrogens is 330 g/mol. The molecule has 0 aliphatic carbocycles. The fourth-order valence-electron chi connectivity index (χ4n) is 1.85. The second-order valence-electron chi connectivity index (χ2n) is 4.78. The molecule has 2 rings (SSSR count). The van der Waals surface area contributed by atoms with E-state index in [1.165, 1.54) is 30.5 Å². The number of ether oxygens (including phenoxy) is 1. The molecule has 0 saturated carbocycles. The number of benzene rings is 2. The van der Waals surface area contributed by atoms with Gasteiger partial charge in [0, 0.05) is 11.9 Å². The number of amides is 2. The van der Waals surface area contributed by atoms with Gasteiger partial charge in [-0.3, -0.25) is 0 Å². The topological polar surface area (TPSA) is 111 Å². The van der Waals surface area contributed by atoms with E-state index in [9.17, 15) is 13.2 Å². The molecule has 0 unspecified atom stereocenters. The molecule has 0 radical (unpaired) electrons. The Hall–Kier alpha value is -2.84. The Morgan fingerprint density at radius 3 is 2.50 bits per heavy atom. The molecule has 2 aromatic carbocycles. The number of hydrogen-bond acceptors (Lipinski definition) is 4. The van der Waals surface area contributed by atoms with Crippen LogP contribution >= 0.6 is 0 Å². The summed E-state index contributed by atoms with van der Waals surface area (Å²) in [6, 6.07) is 12.4. The van der Waals surface area contributed by atoms with Crippen molar-refractivity contribution in [2.24, 2.45) is 5.14 Å². The van der Waals surface area contributed by atoms with E-state index in [-0.39, 0.29) is 4.90 Å². The molecule has 0 bridgehead atoms. The maximum Gasteiger partial charge on any atom is 0.323 e. The van der Waals surface area contributed by atoms with Crippen molar-refractivity contribution < 1.29 is 17.9 Å². The lowest BCUT2D eigenvalue weighted by Crippen LogP contribution is -2.23. The summed E-state index contributed by atoms with van der Waals surface area (Å²) in [5.41, 5.74) is 1.31. The Labute approximate surface area is 140 Å². The van der Waals surface area contributed by atoms with Gasteiger partial charge >= 0.3 is 6.03 Å². The Morgan fingerprint density at radius 1 is 1.17 bits per heavy atom. The number of hydrogen-bond donors (Lipinski definition) is 3. The molecule has 8 heteroatoms. The molecule has 0 fully saturated rings. The first-order valence-electron chi connectivity index (χ1n) is 6.89. The number of nitrogens with one attached hydrogen (secondary N) is 2. The van der Waals surface area contributed by atoms with E-state index in [0.29, 0.717) is 5.69 Å². The van der Waals surface area contributed by atoms with Gasteiger partial charge in [-0.15, -0.1) is 0 Å². The Kier molecular flexibility index (Phi) is 5.56. The van der Waals surface area contributed by atoms with Crippen LogP contribution in [-0.2, 0) is 10.0 Å². The third-order valence-electron chi connectivity index (χ3n) is 3.02. The van der Waals surface area contributed by atoms with Gasteiger partial charge in [-0.25, -0.2) is 18.4 Å². The number of methoxy groups -OCH3 is 1.